The molecule has 0 aliphatic carbocycles. The van der Waals surface area contributed by atoms with Gasteiger partial charge in [0.25, 0.3) is 5.91 Å². The third-order valence-corrected chi connectivity index (χ3v) is 5.85. The summed E-state index contributed by atoms with van der Waals surface area (Å²) >= 11 is 6.18. The van der Waals surface area contributed by atoms with Crippen LogP contribution in [0.3, 0.4) is 0 Å². The summed E-state index contributed by atoms with van der Waals surface area (Å²) in [5, 5.41) is 0.603. The van der Waals surface area contributed by atoms with E-state index in [1.54, 1.807) is 6.07 Å². The van der Waals surface area contributed by atoms with E-state index in [9.17, 15) is 4.79 Å². The van der Waals surface area contributed by atoms with Crippen molar-refractivity contribution < 1.29 is 9.53 Å². The van der Waals surface area contributed by atoms with Crippen LogP contribution in [0.25, 0.3) is 0 Å². The first-order chi connectivity index (χ1) is 13.1. The molecule has 1 amide bonds. The fourth-order valence-electron chi connectivity index (χ4n) is 4.05. The molecule has 4 rings (SSSR count). The summed E-state index contributed by atoms with van der Waals surface area (Å²) in [7, 11) is 0. The van der Waals surface area contributed by atoms with Gasteiger partial charge >= 0.3 is 0 Å². The van der Waals surface area contributed by atoms with Gasteiger partial charge in [0.1, 0.15) is 0 Å². The lowest BCUT2D eigenvalue weighted by Crippen LogP contribution is -2.52. The molecule has 0 N–H and O–H groups in total. The van der Waals surface area contributed by atoms with E-state index in [-0.39, 0.29) is 11.9 Å². The van der Waals surface area contributed by atoms with Crippen LogP contribution in [-0.2, 0) is 17.7 Å². The first-order valence-corrected chi connectivity index (χ1v) is 9.93. The number of carbonyl (C=O) groups excluding carboxylic acids is 1. The van der Waals surface area contributed by atoms with Crippen LogP contribution in [0.2, 0.25) is 5.02 Å². The smallest absolute Gasteiger partial charge is 0.254 e. The third-order valence-electron chi connectivity index (χ3n) is 5.62. The molecule has 1 atom stereocenters. The summed E-state index contributed by atoms with van der Waals surface area (Å²) < 4.78 is 5.48. The molecule has 2 heterocycles. The second-order valence-electron chi connectivity index (χ2n) is 7.43. The molecule has 4 nitrogen and oxygen atoms in total. The Balaban J connectivity index is 1.64. The van der Waals surface area contributed by atoms with Crippen molar-refractivity contribution >= 4 is 17.5 Å². The summed E-state index contributed by atoms with van der Waals surface area (Å²) in [6.07, 6.45) is 0.888. The Kier molecular flexibility index (Phi) is 5.48. The van der Waals surface area contributed by atoms with Crippen LogP contribution < -0.4 is 0 Å². The lowest BCUT2D eigenvalue weighted by molar-refractivity contribution is 0.0192. The molecule has 1 saturated heterocycles. The monoisotopic (exact) mass is 384 g/mol. The Hall–Kier alpha value is -1.88. The average molecular weight is 385 g/mol. The second-order valence-corrected chi connectivity index (χ2v) is 7.87. The zero-order chi connectivity index (χ0) is 18.8. The van der Waals surface area contributed by atoms with E-state index < -0.39 is 0 Å². The van der Waals surface area contributed by atoms with Crippen LogP contribution >= 0.6 is 11.6 Å². The molecular formula is C22H25ClN2O2. The number of rotatable bonds is 3. The Bertz CT molecular complexity index is 833. The van der Waals surface area contributed by atoms with Gasteiger partial charge in [-0.15, -0.1) is 0 Å². The molecule has 0 bridgehead atoms. The molecule has 5 heteroatoms. The maximum absolute atomic E-state index is 13.5. The lowest BCUT2D eigenvalue weighted by Gasteiger charge is -2.40. The fourth-order valence-corrected chi connectivity index (χ4v) is 4.22. The molecule has 0 radical (unpaired) electrons. The van der Waals surface area contributed by atoms with Gasteiger partial charge in [-0.25, -0.2) is 0 Å². The van der Waals surface area contributed by atoms with E-state index in [0.29, 0.717) is 17.1 Å². The third kappa shape index (κ3) is 4.03. The highest BCUT2D eigenvalue weighted by atomic mass is 35.5. The quantitative estimate of drug-likeness (QED) is 0.811. The minimum absolute atomic E-state index is 0.0720. The van der Waals surface area contributed by atoms with Gasteiger partial charge in [0.15, 0.2) is 0 Å². The molecule has 1 fully saturated rings. The maximum Gasteiger partial charge on any atom is 0.254 e. The lowest BCUT2D eigenvalue weighted by atomic mass is 9.92. The average Bonchev–Trinajstić information content (AvgIpc) is 2.69. The van der Waals surface area contributed by atoms with Gasteiger partial charge < -0.3 is 9.64 Å². The SMILES string of the molecule is Cc1ccc(Cl)cc1C(=O)N1Cc2ccccc2CC1CN1CCOCC1. The van der Waals surface area contributed by atoms with E-state index >= 15 is 0 Å². The summed E-state index contributed by atoms with van der Waals surface area (Å²) in [6.45, 7) is 6.89. The Labute approximate surface area is 165 Å². The zero-order valence-electron chi connectivity index (χ0n) is 15.7. The van der Waals surface area contributed by atoms with E-state index in [4.69, 9.17) is 16.3 Å². The maximum atomic E-state index is 13.5. The number of aryl methyl sites for hydroxylation is 1. The van der Waals surface area contributed by atoms with E-state index in [1.807, 2.05) is 24.0 Å². The van der Waals surface area contributed by atoms with Crippen molar-refractivity contribution in [2.75, 3.05) is 32.8 Å². The fraction of sp³-hybridized carbons (Fsp3) is 0.409. The summed E-state index contributed by atoms with van der Waals surface area (Å²) in [4.78, 5) is 17.9. The number of ether oxygens (including phenoxy) is 1. The number of nitrogens with zero attached hydrogens (tertiary/aromatic N) is 2. The molecule has 0 aromatic heterocycles. The highest BCUT2D eigenvalue weighted by Gasteiger charge is 2.32. The molecule has 27 heavy (non-hydrogen) atoms. The van der Waals surface area contributed by atoms with Gasteiger partial charge in [-0.05, 0) is 42.2 Å². The predicted molar refractivity (Wildman–Crippen MR) is 107 cm³/mol. The van der Waals surface area contributed by atoms with Crippen molar-refractivity contribution in [2.24, 2.45) is 0 Å². The molecule has 0 saturated carbocycles. The number of hydrogen-bond donors (Lipinski definition) is 0. The molecule has 0 spiro atoms. The zero-order valence-corrected chi connectivity index (χ0v) is 16.4. The number of hydrogen-bond acceptors (Lipinski definition) is 3. The van der Waals surface area contributed by atoms with Crippen LogP contribution in [0.5, 0.6) is 0 Å². The Morgan fingerprint density at radius 3 is 2.67 bits per heavy atom. The number of halogens is 1. The van der Waals surface area contributed by atoms with Crippen molar-refractivity contribution in [3.8, 4) is 0 Å². The van der Waals surface area contributed by atoms with Crippen molar-refractivity contribution in [1.82, 2.24) is 9.80 Å². The van der Waals surface area contributed by atoms with Crippen molar-refractivity contribution in [2.45, 2.75) is 25.9 Å². The molecule has 2 aromatic carbocycles. The largest absolute Gasteiger partial charge is 0.379 e. The highest BCUT2D eigenvalue weighted by molar-refractivity contribution is 6.31. The first-order valence-electron chi connectivity index (χ1n) is 9.56. The van der Waals surface area contributed by atoms with Gasteiger partial charge in [0, 0.05) is 42.8 Å². The van der Waals surface area contributed by atoms with E-state index in [0.717, 1.165) is 44.8 Å². The molecule has 2 aliphatic heterocycles. The summed E-state index contributed by atoms with van der Waals surface area (Å²) in [5.74, 6) is 0.0720. The predicted octanol–water partition coefficient (Wildman–Crippen LogP) is 3.55. The minimum atomic E-state index is 0.0720. The van der Waals surface area contributed by atoms with Crippen molar-refractivity contribution in [1.29, 1.82) is 0 Å². The van der Waals surface area contributed by atoms with Crippen molar-refractivity contribution in [3.63, 3.8) is 0 Å². The van der Waals surface area contributed by atoms with Gasteiger partial charge in [0.2, 0.25) is 0 Å². The van der Waals surface area contributed by atoms with Crippen molar-refractivity contribution in [3.05, 3.63) is 69.7 Å². The van der Waals surface area contributed by atoms with Crippen LogP contribution in [0.4, 0.5) is 0 Å². The van der Waals surface area contributed by atoms with Gasteiger partial charge in [-0.2, -0.15) is 0 Å². The molecule has 2 aliphatic rings. The number of carbonyl (C=O) groups is 1. The Morgan fingerprint density at radius 2 is 1.89 bits per heavy atom. The number of morpholine rings is 1. The number of benzene rings is 2. The van der Waals surface area contributed by atoms with Crippen LogP contribution in [0.15, 0.2) is 42.5 Å². The molecule has 142 valence electrons. The summed E-state index contributed by atoms with van der Waals surface area (Å²) in [5.41, 5.74) is 4.26. The molecule has 2 aromatic rings. The van der Waals surface area contributed by atoms with E-state index in [1.165, 1.54) is 11.1 Å². The topological polar surface area (TPSA) is 32.8 Å². The number of fused-ring (bicyclic) bond motifs is 1. The number of amides is 1. The van der Waals surface area contributed by atoms with Crippen LogP contribution in [0.1, 0.15) is 27.0 Å². The van der Waals surface area contributed by atoms with Gasteiger partial charge in [-0.3, -0.25) is 9.69 Å². The highest BCUT2D eigenvalue weighted by Crippen LogP contribution is 2.27. The standard InChI is InChI=1S/C22H25ClN2O2/c1-16-6-7-19(23)13-21(16)22(26)25-14-18-5-3-2-4-17(18)12-20(25)15-24-8-10-27-11-9-24/h2-7,13,20H,8-12,14-15H2,1H3. The van der Waals surface area contributed by atoms with Crippen LogP contribution in [-0.4, -0.2) is 54.6 Å². The Morgan fingerprint density at radius 1 is 1.15 bits per heavy atom. The molecular weight excluding hydrogens is 360 g/mol. The van der Waals surface area contributed by atoms with Crippen LogP contribution in [0, 0.1) is 6.92 Å². The normalized spacial score (nSPS) is 20.4. The first kappa shape index (κ1) is 18.5. The second kappa shape index (κ2) is 8.01. The van der Waals surface area contributed by atoms with E-state index in [2.05, 4.69) is 29.2 Å². The van der Waals surface area contributed by atoms with Gasteiger partial charge in [-0.1, -0.05) is 41.9 Å². The van der Waals surface area contributed by atoms with Gasteiger partial charge in [0.05, 0.1) is 13.2 Å². The minimum Gasteiger partial charge on any atom is -0.379 e. The summed E-state index contributed by atoms with van der Waals surface area (Å²) in [6, 6.07) is 14.2. The molecule has 1 unspecified atom stereocenters.